The highest BCUT2D eigenvalue weighted by atomic mass is 16.5. The summed E-state index contributed by atoms with van der Waals surface area (Å²) in [6.07, 6.45) is 2.83. The number of carbonyl (C=O) groups is 2. The summed E-state index contributed by atoms with van der Waals surface area (Å²) in [7, 11) is 0. The standard InChI is InChI=1S/C17H16O3/c1-2-3-13-4-8-15(9-5-13)17(19)20-16-10-6-14(12-18)7-11-16/h4-12H,2-3H2,1H3. The molecule has 0 aliphatic rings. The zero-order valence-electron chi connectivity index (χ0n) is 11.3. The number of esters is 1. The second kappa shape index (κ2) is 6.66. The molecule has 2 rings (SSSR count). The fourth-order valence-corrected chi connectivity index (χ4v) is 1.88. The van der Waals surface area contributed by atoms with Gasteiger partial charge in [0.05, 0.1) is 5.56 Å². The number of hydrogen-bond acceptors (Lipinski definition) is 3. The highest BCUT2D eigenvalue weighted by Crippen LogP contribution is 2.14. The molecule has 2 aromatic rings. The van der Waals surface area contributed by atoms with Gasteiger partial charge in [-0.15, -0.1) is 0 Å². The Morgan fingerprint density at radius 2 is 1.70 bits per heavy atom. The van der Waals surface area contributed by atoms with Crippen LogP contribution in [0.2, 0.25) is 0 Å². The maximum absolute atomic E-state index is 11.9. The minimum atomic E-state index is -0.396. The van der Waals surface area contributed by atoms with Gasteiger partial charge in [-0.3, -0.25) is 4.79 Å². The van der Waals surface area contributed by atoms with Crippen molar-refractivity contribution in [2.45, 2.75) is 19.8 Å². The summed E-state index contributed by atoms with van der Waals surface area (Å²) in [5.74, 6) is 0.0325. The highest BCUT2D eigenvalue weighted by Gasteiger charge is 2.08. The lowest BCUT2D eigenvalue weighted by molar-refractivity contribution is 0.0734. The van der Waals surface area contributed by atoms with E-state index in [1.807, 2.05) is 12.1 Å². The molecular weight excluding hydrogens is 252 g/mol. The van der Waals surface area contributed by atoms with Crippen LogP contribution >= 0.6 is 0 Å². The Bertz CT molecular complexity index is 583. The third kappa shape index (κ3) is 3.54. The van der Waals surface area contributed by atoms with Crippen LogP contribution in [0.3, 0.4) is 0 Å². The van der Waals surface area contributed by atoms with E-state index in [1.165, 1.54) is 5.56 Å². The Hall–Kier alpha value is -2.42. The van der Waals surface area contributed by atoms with Crippen LogP contribution in [0.25, 0.3) is 0 Å². The fraction of sp³-hybridized carbons (Fsp3) is 0.176. The van der Waals surface area contributed by atoms with Gasteiger partial charge in [-0.25, -0.2) is 4.79 Å². The molecule has 0 atom stereocenters. The van der Waals surface area contributed by atoms with E-state index >= 15 is 0 Å². The summed E-state index contributed by atoms with van der Waals surface area (Å²) in [6.45, 7) is 2.12. The second-order valence-electron chi connectivity index (χ2n) is 4.52. The topological polar surface area (TPSA) is 43.4 Å². The summed E-state index contributed by atoms with van der Waals surface area (Å²) >= 11 is 0. The number of aryl methyl sites for hydroxylation is 1. The van der Waals surface area contributed by atoms with Crippen LogP contribution in [0.4, 0.5) is 0 Å². The van der Waals surface area contributed by atoms with Crippen molar-refractivity contribution >= 4 is 12.3 Å². The van der Waals surface area contributed by atoms with Gasteiger partial charge in [0.1, 0.15) is 12.0 Å². The van der Waals surface area contributed by atoms with Gasteiger partial charge in [0, 0.05) is 5.56 Å². The molecule has 3 nitrogen and oxygen atoms in total. The zero-order chi connectivity index (χ0) is 14.4. The van der Waals surface area contributed by atoms with E-state index in [9.17, 15) is 9.59 Å². The number of carbonyl (C=O) groups excluding carboxylic acids is 2. The molecule has 0 saturated heterocycles. The molecule has 0 spiro atoms. The first-order valence-corrected chi connectivity index (χ1v) is 6.59. The predicted octanol–water partition coefficient (Wildman–Crippen LogP) is 3.67. The Morgan fingerprint density at radius 1 is 1.05 bits per heavy atom. The summed E-state index contributed by atoms with van der Waals surface area (Å²) < 4.78 is 5.24. The van der Waals surface area contributed by atoms with E-state index < -0.39 is 5.97 Å². The largest absolute Gasteiger partial charge is 0.423 e. The van der Waals surface area contributed by atoms with Gasteiger partial charge in [-0.05, 0) is 48.4 Å². The van der Waals surface area contributed by atoms with Crippen LogP contribution in [0.1, 0.15) is 39.6 Å². The number of hydrogen-bond donors (Lipinski definition) is 0. The van der Waals surface area contributed by atoms with E-state index in [0.29, 0.717) is 16.9 Å². The van der Waals surface area contributed by atoms with Crippen molar-refractivity contribution in [1.29, 1.82) is 0 Å². The summed E-state index contributed by atoms with van der Waals surface area (Å²) in [5.41, 5.74) is 2.28. The van der Waals surface area contributed by atoms with Gasteiger partial charge < -0.3 is 4.74 Å². The number of benzene rings is 2. The molecule has 20 heavy (non-hydrogen) atoms. The molecule has 0 aromatic heterocycles. The molecular formula is C17H16O3. The number of aldehydes is 1. The fourth-order valence-electron chi connectivity index (χ4n) is 1.88. The van der Waals surface area contributed by atoms with Crippen molar-refractivity contribution in [1.82, 2.24) is 0 Å². The highest BCUT2D eigenvalue weighted by molar-refractivity contribution is 5.91. The molecule has 3 heteroatoms. The van der Waals surface area contributed by atoms with Gasteiger partial charge in [0.2, 0.25) is 0 Å². The van der Waals surface area contributed by atoms with E-state index in [-0.39, 0.29) is 0 Å². The lowest BCUT2D eigenvalue weighted by atomic mass is 10.1. The van der Waals surface area contributed by atoms with Crippen molar-refractivity contribution in [3.8, 4) is 5.75 Å². The summed E-state index contributed by atoms with van der Waals surface area (Å²) in [4.78, 5) is 22.5. The quantitative estimate of drug-likeness (QED) is 0.472. The zero-order valence-corrected chi connectivity index (χ0v) is 11.3. The molecule has 2 aromatic carbocycles. The molecule has 0 N–H and O–H groups in total. The Labute approximate surface area is 118 Å². The monoisotopic (exact) mass is 268 g/mol. The van der Waals surface area contributed by atoms with Crippen molar-refractivity contribution < 1.29 is 14.3 Å². The SMILES string of the molecule is CCCc1ccc(C(=O)Oc2ccc(C=O)cc2)cc1. The van der Waals surface area contributed by atoms with Gasteiger partial charge >= 0.3 is 5.97 Å². The maximum atomic E-state index is 11.9. The van der Waals surface area contributed by atoms with E-state index in [0.717, 1.165) is 19.1 Å². The molecule has 0 heterocycles. The average Bonchev–Trinajstić information content (AvgIpc) is 2.49. The first-order chi connectivity index (χ1) is 9.72. The molecule has 0 unspecified atom stereocenters. The summed E-state index contributed by atoms with van der Waals surface area (Å²) in [6, 6.07) is 13.9. The van der Waals surface area contributed by atoms with Gasteiger partial charge in [-0.1, -0.05) is 25.5 Å². The lowest BCUT2D eigenvalue weighted by Gasteiger charge is -2.05. The molecule has 0 radical (unpaired) electrons. The predicted molar refractivity (Wildman–Crippen MR) is 77.2 cm³/mol. The summed E-state index contributed by atoms with van der Waals surface area (Å²) in [5, 5.41) is 0. The Kier molecular flexibility index (Phi) is 4.66. The normalized spacial score (nSPS) is 10.1. The van der Waals surface area contributed by atoms with Crippen LogP contribution < -0.4 is 4.74 Å². The van der Waals surface area contributed by atoms with Crippen molar-refractivity contribution in [2.24, 2.45) is 0 Å². The molecule has 0 aliphatic carbocycles. The van der Waals surface area contributed by atoms with Crippen LogP contribution in [0.15, 0.2) is 48.5 Å². The molecule has 102 valence electrons. The molecule has 0 amide bonds. The molecule has 0 fully saturated rings. The molecule has 0 bridgehead atoms. The lowest BCUT2D eigenvalue weighted by Crippen LogP contribution is -2.08. The Morgan fingerprint density at radius 3 is 2.25 bits per heavy atom. The molecule has 0 aliphatic heterocycles. The average molecular weight is 268 g/mol. The van der Waals surface area contributed by atoms with E-state index in [2.05, 4.69) is 6.92 Å². The van der Waals surface area contributed by atoms with Crippen LogP contribution in [0, 0.1) is 0 Å². The maximum Gasteiger partial charge on any atom is 0.343 e. The third-order valence-electron chi connectivity index (χ3n) is 2.96. The number of rotatable bonds is 5. The van der Waals surface area contributed by atoms with Crippen molar-refractivity contribution in [2.75, 3.05) is 0 Å². The first-order valence-electron chi connectivity index (χ1n) is 6.59. The minimum absolute atomic E-state index is 0.396. The van der Waals surface area contributed by atoms with Crippen molar-refractivity contribution in [3.63, 3.8) is 0 Å². The van der Waals surface area contributed by atoms with Gasteiger partial charge in [0.25, 0.3) is 0 Å². The van der Waals surface area contributed by atoms with Crippen LogP contribution in [-0.2, 0) is 6.42 Å². The van der Waals surface area contributed by atoms with Gasteiger partial charge in [0.15, 0.2) is 0 Å². The molecule has 0 saturated carbocycles. The van der Waals surface area contributed by atoms with E-state index in [1.54, 1.807) is 36.4 Å². The van der Waals surface area contributed by atoms with E-state index in [4.69, 9.17) is 4.74 Å². The van der Waals surface area contributed by atoms with Crippen LogP contribution in [0.5, 0.6) is 5.75 Å². The smallest absolute Gasteiger partial charge is 0.343 e. The van der Waals surface area contributed by atoms with Gasteiger partial charge in [-0.2, -0.15) is 0 Å². The Balaban J connectivity index is 2.04. The number of ether oxygens (including phenoxy) is 1. The third-order valence-corrected chi connectivity index (χ3v) is 2.96. The second-order valence-corrected chi connectivity index (χ2v) is 4.52. The minimum Gasteiger partial charge on any atom is -0.423 e. The van der Waals surface area contributed by atoms with Crippen LogP contribution in [-0.4, -0.2) is 12.3 Å². The van der Waals surface area contributed by atoms with Crippen molar-refractivity contribution in [3.05, 3.63) is 65.2 Å². The first kappa shape index (κ1) is 14.0.